The van der Waals surface area contributed by atoms with Crippen LogP contribution < -0.4 is 9.64 Å². The molecule has 4 rings (SSSR count). The van der Waals surface area contributed by atoms with Crippen molar-refractivity contribution in [3.8, 4) is 5.75 Å². The number of benzene rings is 3. The highest BCUT2D eigenvalue weighted by atomic mass is 35.5. The molecule has 0 bridgehead atoms. The van der Waals surface area contributed by atoms with Crippen molar-refractivity contribution < 1.29 is 4.74 Å². The predicted octanol–water partition coefficient (Wildman–Crippen LogP) is 8.02. The maximum Gasteiger partial charge on any atom is 0.119 e. The zero-order valence-electron chi connectivity index (χ0n) is 17.7. The largest absolute Gasteiger partial charge is 0.497 e. The van der Waals surface area contributed by atoms with E-state index in [4.69, 9.17) is 32.9 Å². The van der Waals surface area contributed by atoms with Crippen LogP contribution in [-0.4, -0.2) is 12.9 Å². The first-order valence-corrected chi connectivity index (χ1v) is 10.8. The van der Waals surface area contributed by atoms with Gasteiger partial charge >= 0.3 is 0 Å². The summed E-state index contributed by atoms with van der Waals surface area (Å²) in [6, 6.07) is 22.1. The van der Waals surface area contributed by atoms with Crippen LogP contribution in [0.15, 0.2) is 71.7 Å². The van der Waals surface area contributed by atoms with Crippen LogP contribution in [0.2, 0.25) is 10.0 Å². The van der Waals surface area contributed by atoms with Gasteiger partial charge in [0.15, 0.2) is 0 Å². The SMILES string of the molecule is CC.COc1ccc(N2C(=Nc3ccc(C)cc3)CC2c2cc(Cl)cc(Cl)c2)cc1. The lowest BCUT2D eigenvalue weighted by molar-refractivity contribution is 0.415. The number of nitrogens with zero attached hydrogens (tertiary/aromatic N) is 2. The van der Waals surface area contributed by atoms with E-state index in [1.165, 1.54) is 5.56 Å². The summed E-state index contributed by atoms with van der Waals surface area (Å²) in [5.74, 6) is 1.83. The molecular weight excluding hydrogens is 415 g/mol. The maximum atomic E-state index is 6.24. The van der Waals surface area contributed by atoms with E-state index in [0.29, 0.717) is 10.0 Å². The highest BCUT2D eigenvalue weighted by Crippen LogP contribution is 2.42. The van der Waals surface area contributed by atoms with E-state index in [-0.39, 0.29) is 6.04 Å². The number of amidine groups is 1. The van der Waals surface area contributed by atoms with E-state index in [9.17, 15) is 0 Å². The molecule has 3 aromatic carbocycles. The number of aryl methyl sites for hydroxylation is 1. The minimum Gasteiger partial charge on any atom is -0.497 e. The Labute approximate surface area is 188 Å². The predicted molar refractivity (Wildman–Crippen MR) is 129 cm³/mol. The van der Waals surface area contributed by atoms with E-state index >= 15 is 0 Å². The van der Waals surface area contributed by atoms with E-state index in [1.54, 1.807) is 13.2 Å². The van der Waals surface area contributed by atoms with Crippen molar-refractivity contribution in [3.05, 3.63) is 87.9 Å². The molecule has 1 aliphatic rings. The molecule has 0 amide bonds. The summed E-state index contributed by atoms with van der Waals surface area (Å²) in [5.41, 5.74) is 4.30. The highest BCUT2D eigenvalue weighted by molar-refractivity contribution is 6.34. The lowest BCUT2D eigenvalue weighted by Crippen LogP contribution is -2.46. The smallest absolute Gasteiger partial charge is 0.119 e. The monoisotopic (exact) mass is 440 g/mol. The molecule has 0 saturated carbocycles. The van der Waals surface area contributed by atoms with Gasteiger partial charge in [0, 0.05) is 22.2 Å². The Morgan fingerprint density at radius 1 is 0.900 bits per heavy atom. The molecular formula is C25H26Cl2N2O. The zero-order chi connectivity index (χ0) is 21.7. The van der Waals surface area contributed by atoms with Crippen molar-refractivity contribution >= 4 is 40.4 Å². The molecule has 3 aromatic rings. The Kier molecular flexibility index (Phi) is 7.41. The summed E-state index contributed by atoms with van der Waals surface area (Å²) in [4.78, 5) is 7.10. The highest BCUT2D eigenvalue weighted by Gasteiger charge is 2.36. The normalized spacial score (nSPS) is 16.5. The third kappa shape index (κ3) is 4.97. The van der Waals surface area contributed by atoms with E-state index < -0.39 is 0 Å². The van der Waals surface area contributed by atoms with Gasteiger partial charge in [-0.1, -0.05) is 54.7 Å². The Morgan fingerprint density at radius 3 is 2.07 bits per heavy atom. The van der Waals surface area contributed by atoms with Crippen molar-refractivity contribution in [3.63, 3.8) is 0 Å². The number of aliphatic imine (C=N–C) groups is 1. The number of anilines is 1. The second-order valence-corrected chi connectivity index (χ2v) is 7.73. The van der Waals surface area contributed by atoms with Gasteiger partial charge < -0.3 is 9.64 Å². The molecule has 1 unspecified atom stereocenters. The first-order chi connectivity index (χ1) is 14.5. The summed E-state index contributed by atoms with van der Waals surface area (Å²) in [7, 11) is 1.67. The zero-order valence-corrected chi connectivity index (χ0v) is 19.2. The Bertz CT molecular complexity index is 994. The average Bonchev–Trinajstić information content (AvgIpc) is 2.73. The lowest BCUT2D eigenvalue weighted by atomic mass is 9.92. The first-order valence-electron chi connectivity index (χ1n) is 10.1. The van der Waals surface area contributed by atoms with Crippen LogP contribution in [-0.2, 0) is 0 Å². The molecule has 0 N–H and O–H groups in total. The quantitative estimate of drug-likeness (QED) is 0.410. The van der Waals surface area contributed by atoms with Crippen molar-refractivity contribution in [2.45, 2.75) is 33.2 Å². The standard InChI is InChI=1S/C23H20Cl2N2O.C2H6/c1-15-3-5-19(6-4-15)26-23-14-22(16-11-17(24)13-18(25)12-16)27(23)20-7-9-21(28-2)10-8-20;1-2/h3-13,22H,14H2,1-2H3;1-2H3. The van der Waals surface area contributed by atoms with Gasteiger partial charge in [-0.3, -0.25) is 0 Å². The fourth-order valence-electron chi connectivity index (χ4n) is 3.40. The van der Waals surface area contributed by atoms with Crippen LogP contribution in [0.5, 0.6) is 5.75 Å². The molecule has 0 radical (unpaired) electrons. The molecule has 156 valence electrons. The molecule has 1 aliphatic heterocycles. The minimum absolute atomic E-state index is 0.133. The number of halogens is 2. The van der Waals surface area contributed by atoms with Crippen LogP contribution >= 0.6 is 23.2 Å². The molecule has 1 saturated heterocycles. The average molecular weight is 441 g/mol. The van der Waals surface area contributed by atoms with Gasteiger partial charge in [0.25, 0.3) is 0 Å². The van der Waals surface area contributed by atoms with Gasteiger partial charge in [-0.15, -0.1) is 0 Å². The number of methoxy groups -OCH3 is 1. The van der Waals surface area contributed by atoms with E-state index in [0.717, 1.165) is 34.9 Å². The van der Waals surface area contributed by atoms with Crippen molar-refractivity contribution in [1.29, 1.82) is 0 Å². The summed E-state index contributed by atoms with van der Waals surface area (Å²) in [6.45, 7) is 6.07. The molecule has 0 spiro atoms. The Morgan fingerprint density at radius 2 is 1.50 bits per heavy atom. The van der Waals surface area contributed by atoms with Crippen LogP contribution in [0.4, 0.5) is 11.4 Å². The van der Waals surface area contributed by atoms with Gasteiger partial charge in [-0.25, -0.2) is 4.99 Å². The second-order valence-electron chi connectivity index (χ2n) is 6.85. The number of ether oxygens (including phenoxy) is 1. The topological polar surface area (TPSA) is 24.8 Å². The number of hydrogen-bond acceptors (Lipinski definition) is 2. The van der Waals surface area contributed by atoms with E-state index in [2.05, 4.69) is 24.0 Å². The second kappa shape index (κ2) is 10.0. The Balaban J connectivity index is 0.00000124. The summed E-state index contributed by atoms with van der Waals surface area (Å²) >= 11 is 12.5. The molecule has 5 heteroatoms. The summed E-state index contributed by atoms with van der Waals surface area (Å²) < 4.78 is 5.29. The van der Waals surface area contributed by atoms with Crippen LogP contribution in [0.25, 0.3) is 0 Å². The Hall–Kier alpha value is -2.49. The fraction of sp³-hybridized carbons (Fsp3) is 0.240. The third-order valence-corrected chi connectivity index (χ3v) is 5.31. The fourth-order valence-corrected chi connectivity index (χ4v) is 3.95. The molecule has 1 atom stereocenters. The molecule has 0 aliphatic carbocycles. The molecule has 3 nitrogen and oxygen atoms in total. The third-order valence-electron chi connectivity index (χ3n) is 4.88. The van der Waals surface area contributed by atoms with Gasteiger partial charge in [-0.05, 0) is 67.1 Å². The van der Waals surface area contributed by atoms with Crippen molar-refractivity contribution in [2.75, 3.05) is 12.0 Å². The minimum atomic E-state index is 0.133. The van der Waals surface area contributed by atoms with Crippen LogP contribution in [0, 0.1) is 6.92 Å². The number of hydrogen-bond donors (Lipinski definition) is 0. The lowest BCUT2D eigenvalue weighted by Gasteiger charge is -2.44. The van der Waals surface area contributed by atoms with Gasteiger partial charge in [-0.2, -0.15) is 0 Å². The van der Waals surface area contributed by atoms with Gasteiger partial charge in [0.05, 0.1) is 18.8 Å². The van der Waals surface area contributed by atoms with Crippen molar-refractivity contribution in [1.82, 2.24) is 0 Å². The molecule has 1 fully saturated rings. The summed E-state index contributed by atoms with van der Waals surface area (Å²) in [5, 5.41) is 1.28. The van der Waals surface area contributed by atoms with Gasteiger partial charge in [0.1, 0.15) is 11.6 Å². The van der Waals surface area contributed by atoms with Crippen molar-refractivity contribution in [2.24, 2.45) is 4.99 Å². The van der Waals surface area contributed by atoms with Gasteiger partial charge in [0.2, 0.25) is 0 Å². The summed E-state index contributed by atoms with van der Waals surface area (Å²) in [6.07, 6.45) is 0.816. The van der Waals surface area contributed by atoms with Crippen LogP contribution in [0.1, 0.15) is 37.4 Å². The molecule has 1 heterocycles. The first kappa shape index (κ1) is 22.2. The van der Waals surface area contributed by atoms with E-state index in [1.807, 2.05) is 62.4 Å². The number of rotatable bonds is 4. The molecule has 30 heavy (non-hydrogen) atoms. The van der Waals surface area contributed by atoms with Crippen LogP contribution in [0.3, 0.4) is 0 Å². The maximum absolute atomic E-state index is 6.24. The molecule has 0 aromatic heterocycles.